The van der Waals surface area contributed by atoms with Gasteiger partial charge in [-0.2, -0.15) is 0 Å². The molecule has 140 valence electrons. The number of nitrogens with zero attached hydrogens (tertiary/aromatic N) is 1. The van der Waals surface area contributed by atoms with Crippen LogP contribution >= 0.6 is 0 Å². The summed E-state index contributed by atoms with van der Waals surface area (Å²) in [6.07, 6.45) is 0.230. The van der Waals surface area contributed by atoms with Gasteiger partial charge >= 0.3 is 6.09 Å². The van der Waals surface area contributed by atoms with Crippen molar-refractivity contribution in [1.82, 2.24) is 15.5 Å². The van der Waals surface area contributed by atoms with Crippen molar-refractivity contribution in [2.24, 2.45) is 5.92 Å². The van der Waals surface area contributed by atoms with E-state index < -0.39 is 17.7 Å². The van der Waals surface area contributed by atoms with Gasteiger partial charge in [-0.3, -0.25) is 9.69 Å². The van der Waals surface area contributed by atoms with Crippen LogP contribution in [0.2, 0.25) is 0 Å². The largest absolute Gasteiger partial charge is 0.444 e. The van der Waals surface area contributed by atoms with Crippen LogP contribution in [-0.4, -0.2) is 67.9 Å². The molecule has 0 spiro atoms. The lowest BCUT2D eigenvalue weighted by atomic mass is 9.98. The zero-order valence-electron chi connectivity index (χ0n) is 15.7. The summed E-state index contributed by atoms with van der Waals surface area (Å²) < 4.78 is 10.6. The fourth-order valence-electron chi connectivity index (χ4n) is 2.41. The quantitative estimate of drug-likeness (QED) is 0.730. The molecule has 2 atom stereocenters. The maximum Gasteiger partial charge on any atom is 0.408 e. The molecule has 1 fully saturated rings. The third-order valence-electron chi connectivity index (χ3n) is 4.00. The van der Waals surface area contributed by atoms with Crippen molar-refractivity contribution in [2.75, 3.05) is 39.4 Å². The Morgan fingerprint density at radius 1 is 1.25 bits per heavy atom. The molecule has 1 rings (SSSR count). The van der Waals surface area contributed by atoms with E-state index in [4.69, 9.17) is 9.47 Å². The van der Waals surface area contributed by atoms with E-state index in [0.29, 0.717) is 6.54 Å². The molecule has 0 bridgehead atoms. The predicted molar refractivity (Wildman–Crippen MR) is 92.9 cm³/mol. The summed E-state index contributed by atoms with van der Waals surface area (Å²) in [6.45, 7) is 13.9. The Bertz CT molecular complexity index is 403. The first-order valence-corrected chi connectivity index (χ1v) is 8.80. The second-order valence-electron chi connectivity index (χ2n) is 7.25. The van der Waals surface area contributed by atoms with Crippen molar-refractivity contribution < 1.29 is 19.1 Å². The molecule has 0 aromatic carbocycles. The summed E-state index contributed by atoms with van der Waals surface area (Å²) >= 11 is 0. The molecule has 24 heavy (non-hydrogen) atoms. The molecular formula is C17H33N3O4. The summed E-state index contributed by atoms with van der Waals surface area (Å²) in [5.41, 5.74) is -0.586. The van der Waals surface area contributed by atoms with Gasteiger partial charge in [-0.05, 0) is 26.7 Å². The molecule has 1 unspecified atom stereocenters. The van der Waals surface area contributed by atoms with E-state index in [0.717, 1.165) is 39.3 Å². The van der Waals surface area contributed by atoms with E-state index in [1.54, 1.807) is 20.8 Å². The third-order valence-corrected chi connectivity index (χ3v) is 4.00. The van der Waals surface area contributed by atoms with Crippen molar-refractivity contribution in [3.8, 4) is 0 Å². The van der Waals surface area contributed by atoms with Crippen LogP contribution < -0.4 is 10.6 Å². The molecule has 2 amide bonds. The lowest BCUT2D eigenvalue weighted by Gasteiger charge is -2.28. The fraction of sp³-hybridized carbons (Fsp3) is 0.882. The average molecular weight is 343 g/mol. The standard InChI is InChI=1S/C17H33N3O4/c1-6-13(2)14(19-16(22)24-17(3,4)5)15(21)18-7-8-20-9-11-23-12-10-20/h13-14H,6-12H2,1-5H3,(H,18,21)(H,19,22)/t13-,14?/m0/s1. The SMILES string of the molecule is CC[C@H](C)C(NC(=O)OC(C)(C)C)C(=O)NCCN1CCOCC1. The molecular weight excluding hydrogens is 310 g/mol. The Labute approximate surface area is 145 Å². The second-order valence-corrected chi connectivity index (χ2v) is 7.25. The van der Waals surface area contributed by atoms with E-state index >= 15 is 0 Å². The van der Waals surface area contributed by atoms with Gasteiger partial charge in [-0.15, -0.1) is 0 Å². The summed E-state index contributed by atoms with van der Waals surface area (Å²) in [4.78, 5) is 26.7. The Balaban J connectivity index is 2.47. The molecule has 0 aromatic heterocycles. The number of nitrogens with one attached hydrogen (secondary N) is 2. The molecule has 1 heterocycles. The zero-order valence-corrected chi connectivity index (χ0v) is 15.7. The van der Waals surface area contributed by atoms with Crippen molar-refractivity contribution >= 4 is 12.0 Å². The van der Waals surface area contributed by atoms with Gasteiger partial charge in [0.25, 0.3) is 0 Å². The van der Waals surface area contributed by atoms with E-state index in [9.17, 15) is 9.59 Å². The van der Waals surface area contributed by atoms with Gasteiger partial charge in [0.1, 0.15) is 11.6 Å². The topological polar surface area (TPSA) is 79.9 Å². The van der Waals surface area contributed by atoms with Crippen LogP contribution in [-0.2, 0) is 14.3 Å². The van der Waals surface area contributed by atoms with Crippen molar-refractivity contribution in [2.45, 2.75) is 52.7 Å². The third kappa shape index (κ3) is 7.97. The minimum Gasteiger partial charge on any atom is -0.444 e. The van der Waals surface area contributed by atoms with Crippen molar-refractivity contribution in [3.05, 3.63) is 0 Å². The van der Waals surface area contributed by atoms with Gasteiger partial charge in [0, 0.05) is 26.2 Å². The Hall–Kier alpha value is -1.34. The van der Waals surface area contributed by atoms with Gasteiger partial charge in [0.15, 0.2) is 0 Å². The van der Waals surface area contributed by atoms with Crippen LogP contribution in [0.5, 0.6) is 0 Å². The first-order valence-electron chi connectivity index (χ1n) is 8.80. The first-order chi connectivity index (χ1) is 11.2. The average Bonchev–Trinajstić information content (AvgIpc) is 2.51. The highest BCUT2D eigenvalue weighted by molar-refractivity contribution is 5.85. The predicted octanol–water partition coefficient (Wildman–Crippen LogP) is 1.37. The van der Waals surface area contributed by atoms with Gasteiger partial charge in [0.05, 0.1) is 13.2 Å². The highest BCUT2D eigenvalue weighted by Crippen LogP contribution is 2.11. The summed E-state index contributed by atoms with van der Waals surface area (Å²) in [6, 6.07) is -0.588. The number of amides is 2. The van der Waals surface area contributed by atoms with Crippen LogP contribution in [0.1, 0.15) is 41.0 Å². The van der Waals surface area contributed by atoms with E-state index in [-0.39, 0.29) is 11.8 Å². The number of carbonyl (C=O) groups excluding carboxylic acids is 2. The Kier molecular flexibility index (Phi) is 8.48. The number of hydrogen-bond donors (Lipinski definition) is 2. The van der Waals surface area contributed by atoms with Crippen LogP contribution in [0.15, 0.2) is 0 Å². The molecule has 1 aliphatic heterocycles. The summed E-state index contributed by atoms with van der Waals surface area (Å²) in [5, 5.41) is 5.63. The lowest BCUT2D eigenvalue weighted by molar-refractivity contribution is -0.124. The number of hydrogen-bond acceptors (Lipinski definition) is 5. The number of ether oxygens (including phenoxy) is 2. The van der Waals surface area contributed by atoms with Crippen molar-refractivity contribution in [3.63, 3.8) is 0 Å². The van der Waals surface area contributed by atoms with E-state index in [1.807, 2.05) is 13.8 Å². The molecule has 1 saturated heterocycles. The maximum absolute atomic E-state index is 12.5. The van der Waals surface area contributed by atoms with Crippen LogP contribution in [0.4, 0.5) is 4.79 Å². The molecule has 0 radical (unpaired) electrons. The van der Waals surface area contributed by atoms with E-state index in [1.165, 1.54) is 0 Å². The zero-order chi connectivity index (χ0) is 18.2. The van der Waals surface area contributed by atoms with E-state index in [2.05, 4.69) is 15.5 Å². The molecule has 0 saturated carbocycles. The smallest absolute Gasteiger partial charge is 0.408 e. The first kappa shape index (κ1) is 20.7. The normalized spacial score (nSPS) is 18.5. The van der Waals surface area contributed by atoms with Crippen molar-refractivity contribution in [1.29, 1.82) is 0 Å². The second kappa shape index (κ2) is 9.84. The summed E-state index contributed by atoms with van der Waals surface area (Å²) in [5.74, 6) is -0.135. The molecule has 1 aliphatic rings. The minimum atomic E-state index is -0.588. The molecule has 2 N–H and O–H groups in total. The lowest BCUT2D eigenvalue weighted by Crippen LogP contribution is -2.52. The maximum atomic E-state index is 12.5. The minimum absolute atomic E-state index is 0.0286. The Morgan fingerprint density at radius 3 is 2.42 bits per heavy atom. The fourth-order valence-corrected chi connectivity index (χ4v) is 2.41. The van der Waals surface area contributed by atoms with Crippen LogP contribution in [0, 0.1) is 5.92 Å². The number of morpholine rings is 1. The van der Waals surface area contributed by atoms with Crippen LogP contribution in [0.25, 0.3) is 0 Å². The van der Waals surface area contributed by atoms with Gasteiger partial charge in [0.2, 0.25) is 5.91 Å². The highest BCUT2D eigenvalue weighted by atomic mass is 16.6. The number of alkyl carbamates (subject to hydrolysis) is 1. The van der Waals surface area contributed by atoms with Gasteiger partial charge < -0.3 is 20.1 Å². The van der Waals surface area contributed by atoms with Crippen LogP contribution in [0.3, 0.4) is 0 Å². The molecule has 0 aliphatic carbocycles. The Morgan fingerprint density at radius 2 is 1.88 bits per heavy atom. The molecule has 0 aromatic rings. The van der Waals surface area contributed by atoms with Gasteiger partial charge in [-0.1, -0.05) is 20.3 Å². The number of rotatable bonds is 7. The summed E-state index contributed by atoms with van der Waals surface area (Å²) in [7, 11) is 0. The van der Waals surface area contributed by atoms with Gasteiger partial charge in [-0.25, -0.2) is 4.79 Å². The highest BCUT2D eigenvalue weighted by Gasteiger charge is 2.28. The molecule has 7 nitrogen and oxygen atoms in total. The monoisotopic (exact) mass is 343 g/mol. The number of carbonyl (C=O) groups is 2. The molecule has 7 heteroatoms.